The van der Waals surface area contributed by atoms with Gasteiger partial charge < -0.3 is 0 Å². The van der Waals surface area contributed by atoms with Crippen LogP contribution in [0.15, 0.2) is 24.8 Å². The molecule has 0 saturated heterocycles. The largest absolute Gasteiger partial charge is 0.292 e. The topological polar surface area (TPSA) is 60.7 Å². The van der Waals surface area contributed by atoms with Crippen LogP contribution in [0.5, 0.6) is 0 Å². The quantitative estimate of drug-likeness (QED) is 0.743. The Bertz CT molecular complexity index is 516. The zero-order valence-corrected chi connectivity index (χ0v) is 9.92. The molecule has 0 atom stereocenters. The van der Waals surface area contributed by atoms with Crippen molar-refractivity contribution in [1.82, 2.24) is 19.7 Å². The van der Waals surface area contributed by atoms with E-state index in [1.807, 2.05) is 20.2 Å². The molecule has 0 unspecified atom stereocenters. The molecule has 2 aromatic heterocycles. The van der Waals surface area contributed by atoms with Crippen molar-refractivity contribution in [3.05, 3.63) is 41.7 Å². The molecule has 0 aliphatic rings. The fourth-order valence-electron chi connectivity index (χ4n) is 1.52. The summed E-state index contributed by atoms with van der Waals surface area (Å²) in [6.07, 6.45) is 7.94. The number of nitrogens with zero attached hydrogens (tertiary/aromatic N) is 4. The van der Waals surface area contributed by atoms with Gasteiger partial charge >= 0.3 is 0 Å². The van der Waals surface area contributed by atoms with E-state index in [1.54, 1.807) is 17.1 Å². The zero-order chi connectivity index (χ0) is 12.3. The van der Waals surface area contributed by atoms with Crippen LogP contribution >= 0.6 is 0 Å². The molecule has 0 N–H and O–H groups in total. The molecule has 0 radical (unpaired) electrons. The van der Waals surface area contributed by atoms with Crippen molar-refractivity contribution < 1.29 is 4.79 Å². The van der Waals surface area contributed by atoms with Crippen LogP contribution in [0.1, 0.15) is 28.2 Å². The molecule has 0 aliphatic heterocycles. The smallest absolute Gasteiger partial charge is 0.183 e. The van der Waals surface area contributed by atoms with Crippen LogP contribution in [0.3, 0.4) is 0 Å². The third kappa shape index (κ3) is 2.96. The van der Waals surface area contributed by atoms with Gasteiger partial charge in [0.05, 0.1) is 18.1 Å². The average molecular weight is 230 g/mol. The van der Waals surface area contributed by atoms with E-state index >= 15 is 0 Å². The number of carbonyl (C=O) groups excluding carboxylic acids is 1. The molecule has 0 fully saturated rings. The zero-order valence-electron chi connectivity index (χ0n) is 9.92. The minimum absolute atomic E-state index is 0.0151. The van der Waals surface area contributed by atoms with Crippen LogP contribution in [0.2, 0.25) is 0 Å². The van der Waals surface area contributed by atoms with Gasteiger partial charge in [0.25, 0.3) is 0 Å². The van der Waals surface area contributed by atoms with Gasteiger partial charge in [-0.3, -0.25) is 14.5 Å². The Hall–Kier alpha value is -2.04. The summed E-state index contributed by atoms with van der Waals surface area (Å²) in [7, 11) is 1.86. The van der Waals surface area contributed by atoms with Gasteiger partial charge in [0.15, 0.2) is 5.78 Å². The van der Waals surface area contributed by atoms with Gasteiger partial charge in [-0.15, -0.1) is 0 Å². The molecular weight excluding hydrogens is 216 g/mol. The predicted octanol–water partition coefficient (Wildman–Crippen LogP) is 1.33. The number of rotatable bonds is 4. The summed E-state index contributed by atoms with van der Waals surface area (Å²) >= 11 is 0. The maximum Gasteiger partial charge on any atom is 0.183 e. The highest BCUT2D eigenvalue weighted by atomic mass is 16.1. The summed E-state index contributed by atoms with van der Waals surface area (Å²) in [5.74, 6) is 0.0151. The minimum atomic E-state index is 0.0151. The number of hydrogen-bond acceptors (Lipinski definition) is 4. The van der Waals surface area contributed by atoms with Gasteiger partial charge in [-0.1, -0.05) is 0 Å². The Balaban J connectivity index is 1.95. The van der Waals surface area contributed by atoms with Crippen molar-refractivity contribution in [1.29, 1.82) is 0 Å². The van der Waals surface area contributed by atoms with E-state index in [4.69, 9.17) is 0 Å². The first kappa shape index (κ1) is 11.4. The molecule has 0 amide bonds. The number of aromatic nitrogens is 4. The first-order chi connectivity index (χ1) is 8.15. The van der Waals surface area contributed by atoms with E-state index < -0.39 is 0 Å². The second-order valence-electron chi connectivity index (χ2n) is 3.99. The maximum absolute atomic E-state index is 11.8. The highest BCUT2D eigenvalue weighted by molar-refractivity contribution is 5.93. The van der Waals surface area contributed by atoms with Gasteiger partial charge in [-0.05, 0) is 18.9 Å². The van der Waals surface area contributed by atoms with Crippen LogP contribution in [0.4, 0.5) is 0 Å². The number of aryl methyl sites for hydroxylation is 3. The summed E-state index contributed by atoms with van der Waals surface area (Å²) in [6.45, 7) is 1.84. The van der Waals surface area contributed by atoms with Gasteiger partial charge in [-0.25, -0.2) is 4.98 Å². The summed E-state index contributed by atoms with van der Waals surface area (Å²) in [4.78, 5) is 19.9. The molecule has 0 aliphatic carbocycles. The first-order valence-electron chi connectivity index (χ1n) is 5.44. The molecule has 0 saturated carbocycles. The monoisotopic (exact) mass is 230 g/mol. The molecule has 5 nitrogen and oxygen atoms in total. The lowest BCUT2D eigenvalue weighted by Crippen LogP contribution is -2.04. The normalized spacial score (nSPS) is 10.5. The summed E-state index contributed by atoms with van der Waals surface area (Å²) in [5.41, 5.74) is 2.30. The lowest BCUT2D eigenvalue weighted by molar-refractivity contribution is 0.0977. The van der Waals surface area contributed by atoms with Gasteiger partial charge in [0.2, 0.25) is 0 Å². The van der Waals surface area contributed by atoms with E-state index in [9.17, 15) is 4.79 Å². The Morgan fingerprint density at radius 1 is 1.29 bits per heavy atom. The molecule has 0 aromatic carbocycles. The standard InChI is InChI=1S/C12H14N4O/c1-9-5-14-11(7-13-9)12(17)4-3-10-6-15-16(2)8-10/h5-8H,3-4H2,1-2H3. The van der Waals surface area contributed by atoms with E-state index in [0.29, 0.717) is 18.5 Å². The third-order valence-corrected chi connectivity index (χ3v) is 2.47. The SMILES string of the molecule is Cc1cnc(C(=O)CCc2cnn(C)c2)cn1. The van der Waals surface area contributed by atoms with Crippen molar-refractivity contribution in [2.75, 3.05) is 0 Å². The molecule has 2 heterocycles. The maximum atomic E-state index is 11.8. The minimum Gasteiger partial charge on any atom is -0.292 e. The van der Waals surface area contributed by atoms with Gasteiger partial charge in [0, 0.05) is 25.9 Å². The van der Waals surface area contributed by atoms with Crippen molar-refractivity contribution in [3.8, 4) is 0 Å². The lowest BCUT2D eigenvalue weighted by Gasteiger charge is -1.99. The van der Waals surface area contributed by atoms with E-state index in [1.165, 1.54) is 6.20 Å². The molecule has 5 heteroatoms. The molecule has 0 spiro atoms. The molecule has 0 bridgehead atoms. The number of hydrogen-bond donors (Lipinski definition) is 0. The van der Waals surface area contributed by atoms with Crippen LogP contribution in [0, 0.1) is 6.92 Å². The molecule has 2 rings (SSSR count). The molecule has 2 aromatic rings. The Morgan fingerprint density at radius 3 is 2.71 bits per heavy atom. The van der Waals surface area contributed by atoms with Crippen molar-refractivity contribution in [2.24, 2.45) is 7.05 Å². The van der Waals surface area contributed by atoms with E-state index in [0.717, 1.165) is 11.3 Å². The lowest BCUT2D eigenvalue weighted by atomic mass is 10.1. The second kappa shape index (κ2) is 4.86. The molecular formula is C12H14N4O. The Kier molecular flexibility index (Phi) is 3.27. The summed E-state index contributed by atoms with van der Waals surface area (Å²) in [5, 5.41) is 4.06. The fraction of sp³-hybridized carbons (Fsp3) is 0.333. The second-order valence-corrected chi connectivity index (χ2v) is 3.99. The Labute approximate surface area is 99.5 Å². The van der Waals surface area contributed by atoms with Crippen LogP contribution in [-0.2, 0) is 13.5 Å². The third-order valence-electron chi connectivity index (χ3n) is 2.47. The summed E-state index contributed by atoms with van der Waals surface area (Å²) in [6, 6.07) is 0. The Morgan fingerprint density at radius 2 is 2.12 bits per heavy atom. The predicted molar refractivity (Wildman–Crippen MR) is 62.6 cm³/mol. The van der Waals surface area contributed by atoms with Crippen molar-refractivity contribution in [3.63, 3.8) is 0 Å². The van der Waals surface area contributed by atoms with Crippen LogP contribution < -0.4 is 0 Å². The summed E-state index contributed by atoms with van der Waals surface area (Å²) < 4.78 is 1.73. The van der Waals surface area contributed by atoms with Crippen molar-refractivity contribution >= 4 is 5.78 Å². The molecule has 88 valence electrons. The number of ketones is 1. The molecule has 17 heavy (non-hydrogen) atoms. The highest BCUT2D eigenvalue weighted by Crippen LogP contribution is 2.05. The van der Waals surface area contributed by atoms with Crippen LogP contribution in [-0.4, -0.2) is 25.5 Å². The number of Topliss-reactive ketones (excluding diaryl/α,β-unsaturated/α-hetero) is 1. The van der Waals surface area contributed by atoms with Gasteiger partial charge in [-0.2, -0.15) is 5.10 Å². The van der Waals surface area contributed by atoms with Crippen molar-refractivity contribution in [2.45, 2.75) is 19.8 Å². The average Bonchev–Trinajstić information content (AvgIpc) is 2.73. The first-order valence-corrected chi connectivity index (χ1v) is 5.44. The van der Waals surface area contributed by atoms with Crippen LogP contribution in [0.25, 0.3) is 0 Å². The van der Waals surface area contributed by atoms with E-state index in [-0.39, 0.29) is 5.78 Å². The van der Waals surface area contributed by atoms with E-state index in [2.05, 4.69) is 15.1 Å². The highest BCUT2D eigenvalue weighted by Gasteiger charge is 2.08. The van der Waals surface area contributed by atoms with Gasteiger partial charge in [0.1, 0.15) is 5.69 Å². The number of carbonyl (C=O) groups is 1. The fourth-order valence-corrected chi connectivity index (χ4v) is 1.52.